The van der Waals surface area contributed by atoms with Crippen molar-refractivity contribution >= 4 is 5.69 Å². The van der Waals surface area contributed by atoms with Crippen molar-refractivity contribution in [2.45, 2.75) is 46.1 Å². The number of hydrogen-bond acceptors (Lipinski definition) is 4. The maximum absolute atomic E-state index is 5.28. The van der Waals surface area contributed by atoms with E-state index in [0.29, 0.717) is 5.89 Å². The molecular formula is C15H21N3O. The second-order valence-electron chi connectivity index (χ2n) is 5.06. The lowest BCUT2D eigenvalue weighted by molar-refractivity contribution is 0.361. The van der Waals surface area contributed by atoms with Crippen molar-refractivity contribution in [1.82, 2.24) is 10.1 Å². The quantitative estimate of drug-likeness (QED) is 0.884. The van der Waals surface area contributed by atoms with E-state index in [2.05, 4.69) is 60.5 Å². The van der Waals surface area contributed by atoms with Crippen molar-refractivity contribution in [3.8, 4) is 0 Å². The third kappa shape index (κ3) is 3.34. The van der Waals surface area contributed by atoms with Gasteiger partial charge in [-0.15, -0.1) is 0 Å². The van der Waals surface area contributed by atoms with Gasteiger partial charge in [0, 0.05) is 11.6 Å². The van der Waals surface area contributed by atoms with Crippen LogP contribution < -0.4 is 5.32 Å². The first-order valence-corrected chi connectivity index (χ1v) is 6.79. The highest BCUT2D eigenvalue weighted by molar-refractivity contribution is 5.45. The second-order valence-corrected chi connectivity index (χ2v) is 5.06. The summed E-state index contributed by atoms with van der Waals surface area (Å²) in [6, 6.07) is 8.42. The van der Waals surface area contributed by atoms with Crippen LogP contribution in [0.3, 0.4) is 0 Å². The number of aromatic nitrogens is 2. The number of hydrogen-bond donors (Lipinski definition) is 1. The van der Waals surface area contributed by atoms with Crippen LogP contribution in [0.4, 0.5) is 5.69 Å². The van der Waals surface area contributed by atoms with Gasteiger partial charge in [-0.05, 0) is 31.0 Å². The largest absolute Gasteiger partial charge is 0.374 e. The first-order chi connectivity index (χ1) is 9.10. The first kappa shape index (κ1) is 13.6. The van der Waals surface area contributed by atoms with Crippen molar-refractivity contribution < 1.29 is 4.52 Å². The average molecular weight is 259 g/mol. The summed E-state index contributed by atoms with van der Waals surface area (Å²) >= 11 is 0. The van der Waals surface area contributed by atoms with Crippen molar-refractivity contribution in [2.24, 2.45) is 0 Å². The first-order valence-electron chi connectivity index (χ1n) is 6.79. The Labute approximate surface area is 114 Å². The zero-order chi connectivity index (χ0) is 13.8. The zero-order valence-corrected chi connectivity index (χ0v) is 12.0. The van der Waals surface area contributed by atoms with Gasteiger partial charge in [-0.3, -0.25) is 0 Å². The molecule has 19 heavy (non-hydrogen) atoms. The van der Waals surface area contributed by atoms with Gasteiger partial charge >= 0.3 is 0 Å². The Morgan fingerprint density at radius 2 is 1.84 bits per heavy atom. The van der Waals surface area contributed by atoms with Gasteiger partial charge in [0.05, 0.1) is 0 Å². The molecule has 2 aromatic rings. The highest BCUT2D eigenvalue weighted by Gasteiger charge is 2.15. The maximum atomic E-state index is 5.28. The van der Waals surface area contributed by atoms with Crippen LogP contribution in [-0.2, 0) is 6.42 Å². The molecule has 0 saturated heterocycles. The highest BCUT2D eigenvalue weighted by atomic mass is 16.5. The summed E-state index contributed by atoms with van der Waals surface area (Å²) in [7, 11) is 0. The van der Waals surface area contributed by atoms with E-state index in [9.17, 15) is 0 Å². The van der Waals surface area contributed by atoms with Crippen molar-refractivity contribution in [3.05, 3.63) is 41.5 Å². The van der Waals surface area contributed by atoms with E-state index in [0.717, 1.165) is 17.9 Å². The van der Waals surface area contributed by atoms with Gasteiger partial charge in [0.25, 0.3) is 0 Å². The van der Waals surface area contributed by atoms with Crippen LogP contribution in [0, 0.1) is 0 Å². The van der Waals surface area contributed by atoms with Gasteiger partial charge in [-0.2, -0.15) is 4.98 Å². The van der Waals surface area contributed by atoms with E-state index in [1.165, 1.54) is 5.56 Å². The van der Waals surface area contributed by atoms with E-state index in [4.69, 9.17) is 4.52 Å². The summed E-state index contributed by atoms with van der Waals surface area (Å²) in [4.78, 5) is 4.40. The number of rotatable bonds is 5. The Morgan fingerprint density at radius 1 is 1.16 bits per heavy atom. The Balaban J connectivity index is 2.04. The molecule has 1 aromatic heterocycles. The molecule has 4 nitrogen and oxygen atoms in total. The minimum Gasteiger partial charge on any atom is -0.374 e. The maximum Gasteiger partial charge on any atom is 0.248 e. The molecule has 0 amide bonds. The summed E-state index contributed by atoms with van der Waals surface area (Å²) < 4.78 is 5.28. The van der Waals surface area contributed by atoms with Gasteiger partial charge in [0.15, 0.2) is 5.82 Å². The summed E-state index contributed by atoms with van der Waals surface area (Å²) in [5.41, 5.74) is 2.40. The smallest absolute Gasteiger partial charge is 0.248 e. The van der Waals surface area contributed by atoms with Gasteiger partial charge in [0.1, 0.15) is 6.04 Å². The monoisotopic (exact) mass is 259 g/mol. The lowest BCUT2D eigenvalue weighted by Gasteiger charge is -2.11. The van der Waals surface area contributed by atoms with Crippen LogP contribution >= 0.6 is 0 Å². The van der Waals surface area contributed by atoms with Gasteiger partial charge < -0.3 is 9.84 Å². The van der Waals surface area contributed by atoms with Crippen LogP contribution in [0.5, 0.6) is 0 Å². The molecule has 1 N–H and O–H groups in total. The molecule has 102 valence electrons. The third-order valence-electron chi connectivity index (χ3n) is 3.09. The molecule has 0 aliphatic rings. The van der Waals surface area contributed by atoms with Crippen LogP contribution in [0.15, 0.2) is 28.8 Å². The molecule has 2 rings (SSSR count). The number of anilines is 1. The topological polar surface area (TPSA) is 51.0 Å². The van der Waals surface area contributed by atoms with Crippen LogP contribution in [0.1, 0.15) is 56.9 Å². The minimum atomic E-state index is 0.00692. The molecule has 1 aromatic carbocycles. The van der Waals surface area contributed by atoms with Gasteiger partial charge in [-0.1, -0.05) is 38.1 Å². The predicted octanol–water partition coefficient (Wildman–Crippen LogP) is 3.93. The van der Waals surface area contributed by atoms with Gasteiger partial charge in [-0.25, -0.2) is 0 Å². The predicted molar refractivity (Wildman–Crippen MR) is 76.2 cm³/mol. The molecule has 1 unspecified atom stereocenters. The number of nitrogens with zero attached hydrogens (tertiary/aromatic N) is 2. The molecule has 0 aliphatic carbocycles. The molecule has 4 heteroatoms. The van der Waals surface area contributed by atoms with Crippen molar-refractivity contribution in [3.63, 3.8) is 0 Å². The molecule has 0 aliphatic heterocycles. The summed E-state index contributed by atoms with van der Waals surface area (Å²) in [6.45, 7) is 8.27. The van der Waals surface area contributed by atoms with Crippen molar-refractivity contribution in [1.29, 1.82) is 0 Å². The fourth-order valence-electron chi connectivity index (χ4n) is 1.81. The minimum absolute atomic E-state index is 0.00692. The molecular weight excluding hydrogens is 238 g/mol. The van der Waals surface area contributed by atoms with Crippen molar-refractivity contribution in [2.75, 3.05) is 5.32 Å². The third-order valence-corrected chi connectivity index (χ3v) is 3.09. The molecule has 1 heterocycles. The summed E-state index contributed by atoms with van der Waals surface area (Å²) in [5, 5.41) is 7.35. The van der Waals surface area contributed by atoms with E-state index in [1.807, 2.05) is 6.92 Å². The molecule has 1 atom stereocenters. The highest BCUT2D eigenvalue weighted by Crippen LogP contribution is 2.20. The Hall–Kier alpha value is -1.84. The van der Waals surface area contributed by atoms with E-state index in [-0.39, 0.29) is 12.0 Å². The van der Waals surface area contributed by atoms with Crippen LogP contribution in [-0.4, -0.2) is 10.1 Å². The summed E-state index contributed by atoms with van der Waals surface area (Å²) in [6.07, 6.45) is 1.05. The van der Waals surface area contributed by atoms with Crippen LogP contribution in [0.25, 0.3) is 0 Å². The number of nitrogens with one attached hydrogen (secondary N) is 1. The average Bonchev–Trinajstić information content (AvgIpc) is 2.89. The fourth-order valence-corrected chi connectivity index (χ4v) is 1.81. The van der Waals surface area contributed by atoms with E-state index in [1.54, 1.807) is 0 Å². The zero-order valence-electron chi connectivity index (χ0n) is 12.0. The standard InChI is InChI=1S/C15H21N3O/c1-5-12-6-8-13(9-7-12)16-11(4)15-17-14(10(2)3)18-19-15/h6-11,16H,5H2,1-4H3. The molecule has 0 spiro atoms. The Morgan fingerprint density at radius 3 is 2.37 bits per heavy atom. The number of aryl methyl sites for hydroxylation is 1. The molecule has 0 radical (unpaired) electrons. The lowest BCUT2D eigenvalue weighted by atomic mass is 10.1. The molecule has 0 bridgehead atoms. The second kappa shape index (κ2) is 5.87. The Kier molecular flexibility index (Phi) is 4.20. The van der Waals surface area contributed by atoms with Crippen LogP contribution in [0.2, 0.25) is 0 Å². The molecule has 0 saturated carbocycles. The number of benzene rings is 1. The fraction of sp³-hybridized carbons (Fsp3) is 0.467. The Bertz CT molecular complexity index is 516. The van der Waals surface area contributed by atoms with E-state index >= 15 is 0 Å². The van der Waals surface area contributed by atoms with E-state index < -0.39 is 0 Å². The lowest BCUT2D eigenvalue weighted by Crippen LogP contribution is -2.07. The molecule has 0 fully saturated rings. The normalized spacial score (nSPS) is 12.7. The van der Waals surface area contributed by atoms with Gasteiger partial charge in [0.2, 0.25) is 5.89 Å². The summed E-state index contributed by atoms with van der Waals surface area (Å²) in [5.74, 6) is 1.67. The SMILES string of the molecule is CCc1ccc(NC(C)c2nc(C(C)C)no2)cc1.